The van der Waals surface area contributed by atoms with Gasteiger partial charge in [-0.25, -0.2) is 4.98 Å². The predicted molar refractivity (Wildman–Crippen MR) is 131 cm³/mol. The third kappa shape index (κ3) is 4.12. The van der Waals surface area contributed by atoms with Gasteiger partial charge in [0.25, 0.3) is 5.91 Å². The first-order chi connectivity index (χ1) is 15.8. The van der Waals surface area contributed by atoms with Crippen molar-refractivity contribution in [3.05, 3.63) is 46.5 Å². The Hall–Kier alpha value is -2.18. The number of aryl methyl sites for hydroxylation is 1. The van der Waals surface area contributed by atoms with Crippen LogP contribution in [0.1, 0.15) is 71.7 Å². The number of nitrogens with one attached hydrogen (secondary N) is 1. The van der Waals surface area contributed by atoms with Crippen LogP contribution in [0.15, 0.2) is 18.2 Å². The highest BCUT2D eigenvalue weighted by molar-refractivity contribution is 6.02. The van der Waals surface area contributed by atoms with E-state index in [1.54, 1.807) is 0 Å². The lowest BCUT2D eigenvalue weighted by Gasteiger charge is -2.32. The number of fused-ring (bicyclic) bond motifs is 3. The zero-order valence-corrected chi connectivity index (χ0v) is 20.7. The topological polar surface area (TPSA) is 59.4 Å². The number of amides is 1. The van der Waals surface area contributed by atoms with E-state index in [-0.39, 0.29) is 5.91 Å². The summed E-state index contributed by atoms with van der Waals surface area (Å²) in [6.45, 7) is 8.06. The molecule has 2 heterocycles. The van der Waals surface area contributed by atoms with Crippen molar-refractivity contribution in [3.63, 3.8) is 0 Å². The van der Waals surface area contributed by atoms with Crippen LogP contribution in [0.2, 0.25) is 0 Å². The average molecular weight is 451 g/mol. The van der Waals surface area contributed by atoms with E-state index < -0.39 is 0 Å². The van der Waals surface area contributed by atoms with E-state index >= 15 is 0 Å². The number of carbonyl (C=O) groups excluding carboxylic acids is 1. The largest absolute Gasteiger partial charge is 0.384 e. The summed E-state index contributed by atoms with van der Waals surface area (Å²) < 4.78 is 7.55. The summed E-state index contributed by atoms with van der Waals surface area (Å²) in [7, 11) is 3.83. The number of imidazole rings is 1. The van der Waals surface area contributed by atoms with Crippen molar-refractivity contribution in [2.45, 2.75) is 65.3 Å². The summed E-state index contributed by atoms with van der Waals surface area (Å²) in [5.74, 6) is 0.384. The quantitative estimate of drug-likeness (QED) is 0.668. The second-order valence-corrected chi connectivity index (χ2v) is 11.0. The van der Waals surface area contributed by atoms with Gasteiger partial charge in [-0.1, -0.05) is 12.1 Å². The molecule has 2 saturated carbocycles. The number of rotatable bonds is 7. The van der Waals surface area contributed by atoms with Gasteiger partial charge in [-0.05, 0) is 86.9 Å². The van der Waals surface area contributed by atoms with E-state index in [4.69, 9.17) is 9.72 Å². The zero-order valence-electron chi connectivity index (χ0n) is 20.7. The number of methoxy groups -OCH3 is 1. The highest BCUT2D eigenvalue weighted by Gasteiger charge is 2.53. The van der Waals surface area contributed by atoms with Gasteiger partial charge in [-0.15, -0.1) is 0 Å². The van der Waals surface area contributed by atoms with Crippen LogP contribution in [0.25, 0.3) is 0 Å². The maximum atomic E-state index is 13.0. The van der Waals surface area contributed by atoms with Crippen molar-refractivity contribution >= 4 is 11.6 Å². The van der Waals surface area contributed by atoms with Gasteiger partial charge in [0.05, 0.1) is 12.3 Å². The Morgan fingerprint density at radius 3 is 2.70 bits per heavy atom. The molecular formula is C27H38N4O2. The van der Waals surface area contributed by atoms with Crippen molar-refractivity contribution in [2.24, 2.45) is 17.9 Å². The number of hydrogen-bond acceptors (Lipinski definition) is 4. The minimum atomic E-state index is -0.127. The van der Waals surface area contributed by atoms with Crippen LogP contribution in [0.5, 0.6) is 0 Å². The van der Waals surface area contributed by atoms with Crippen LogP contribution in [-0.2, 0) is 24.8 Å². The fraction of sp³-hybridized carbons (Fsp3) is 0.630. The third-order valence-corrected chi connectivity index (χ3v) is 8.92. The molecule has 1 aliphatic heterocycles. The fourth-order valence-electron chi connectivity index (χ4n) is 6.74. The molecule has 0 radical (unpaired) electrons. The molecule has 1 amide bonds. The van der Waals surface area contributed by atoms with Crippen molar-refractivity contribution < 1.29 is 9.53 Å². The van der Waals surface area contributed by atoms with Crippen LogP contribution in [0.3, 0.4) is 0 Å². The first-order valence-electron chi connectivity index (χ1n) is 12.5. The Balaban J connectivity index is 1.23. The van der Waals surface area contributed by atoms with E-state index in [0.29, 0.717) is 16.7 Å². The molecule has 1 N–H and O–H groups in total. The van der Waals surface area contributed by atoms with E-state index in [2.05, 4.69) is 23.2 Å². The van der Waals surface area contributed by atoms with Gasteiger partial charge >= 0.3 is 0 Å². The molecule has 2 bridgehead atoms. The molecule has 178 valence electrons. The highest BCUT2D eigenvalue weighted by Crippen LogP contribution is 2.63. The molecule has 0 spiro atoms. The molecule has 0 saturated heterocycles. The Morgan fingerprint density at radius 2 is 1.94 bits per heavy atom. The average Bonchev–Trinajstić information content (AvgIpc) is 3.45. The molecule has 2 fully saturated rings. The number of aromatic nitrogens is 2. The molecule has 1 aromatic heterocycles. The lowest BCUT2D eigenvalue weighted by atomic mass is 9.80. The van der Waals surface area contributed by atoms with Crippen LogP contribution in [0, 0.1) is 24.7 Å². The van der Waals surface area contributed by atoms with Crippen molar-refractivity contribution in [1.82, 2.24) is 14.5 Å². The van der Waals surface area contributed by atoms with Crippen molar-refractivity contribution in [1.29, 1.82) is 0 Å². The third-order valence-electron chi connectivity index (χ3n) is 8.92. The Morgan fingerprint density at radius 1 is 1.18 bits per heavy atom. The minimum Gasteiger partial charge on any atom is -0.384 e. The molecule has 6 heteroatoms. The van der Waals surface area contributed by atoms with Gasteiger partial charge in [0, 0.05) is 45.0 Å². The normalized spacial score (nSPS) is 26.5. The predicted octanol–water partition coefficient (Wildman–Crippen LogP) is 4.63. The first-order valence-corrected chi connectivity index (χ1v) is 12.5. The molecule has 2 aliphatic carbocycles. The number of anilines is 1. The number of benzene rings is 1. The Kier molecular flexibility index (Phi) is 5.86. The number of carbonyl (C=O) groups is 1. The van der Waals surface area contributed by atoms with Gasteiger partial charge in [-0.3, -0.25) is 9.69 Å². The molecule has 33 heavy (non-hydrogen) atoms. The van der Waals surface area contributed by atoms with E-state index in [1.807, 2.05) is 37.8 Å². The molecule has 6 nitrogen and oxygen atoms in total. The van der Waals surface area contributed by atoms with Crippen LogP contribution in [-0.4, -0.2) is 47.2 Å². The Labute approximate surface area is 197 Å². The van der Waals surface area contributed by atoms with E-state index in [1.165, 1.54) is 49.8 Å². The SMILES string of the molecule is COCC12CCC(CCN3CCc4c(nc(C(=O)Nc5cccc(C)c5C)n4C)C3)(CC1)C2. The monoisotopic (exact) mass is 450 g/mol. The second-order valence-electron chi connectivity index (χ2n) is 11.0. The molecule has 1 aromatic carbocycles. The maximum Gasteiger partial charge on any atom is 0.291 e. The van der Waals surface area contributed by atoms with Gasteiger partial charge in [-0.2, -0.15) is 0 Å². The van der Waals surface area contributed by atoms with E-state index in [0.717, 1.165) is 49.6 Å². The van der Waals surface area contributed by atoms with Crippen LogP contribution >= 0.6 is 0 Å². The molecular weight excluding hydrogens is 412 g/mol. The second kappa shape index (κ2) is 8.55. The van der Waals surface area contributed by atoms with Crippen molar-refractivity contribution in [2.75, 3.05) is 32.1 Å². The molecule has 3 aliphatic rings. The summed E-state index contributed by atoms with van der Waals surface area (Å²) >= 11 is 0. The number of ether oxygens (including phenoxy) is 1. The number of hydrogen-bond donors (Lipinski definition) is 1. The smallest absolute Gasteiger partial charge is 0.291 e. The lowest BCUT2D eigenvalue weighted by Crippen LogP contribution is -2.34. The standard InChI is InChI=1S/C27H38N4O2/c1-19-6-5-7-21(20(19)2)29-25(32)24-28-22-16-31(14-8-23(22)30(24)3)15-13-26-9-11-27(17-26,12-10-26)18-33-4/h5-7H,8-18H2,1-4H3,(H,29,32). The highest BCUT2D eigenvalue weighted by atomic mass is 16.5. The maximum absolute atomic E-state index is 13.0. The zero-order chi connectivity index (χ0) is 23.2. The van der Waals surface area contributed by atoms with Crippen LogP contribution in [0.4, 0.5) is 5.69 Å². The summed E-state index contributed by atoms with van der Waals surface area (Å²) in [5, 5.41) is 3.08. The molecule has 2 aromatic rings. The van der Waals surface area contributed by atoms with Gasteiger partial charge in [0.15, 0.2) is 5.82 Å². The summed E-state index contributed by atoms with van der Waals surface area (Å²) in [4.78, 5) is 20.4. The summed E-state index contributed by atoms with van der Waals surface area (Å²) in [6.07, 6.45) is 8.98. The van der Waals surface area contributed by atoms with Gasteiger partial charge < -0.3 is 14.6 Å². The summed E-state index contributed by atoms with van der Waals surface area (Å²) in [6, 6.07) is 6.00. The molecule has 0 unspecified atom stereocenters. The molecule has 5 rings (SSSR count). The fourth-order valence-corrected chi connectivity index (χ4v) is 6.74. The minimum absolute atomic E-state index is 0.127. The molecule has 0 atom stereocenters. The van der Waals surface area contributed by atoms with Crippen molar-refractivity contribution in [3.8, 4) is 0 Å². The first kappa shape index (κ1) is 22.6. The number of nitrogens with zero attached hydrogens (tertiary/aromatic N) is 3. The van der Waals surface area contributed by atoms with E-state index in [9.17, 15) is 4.79 Å². The van der Waals surface area contributed by atoms with Gasteiger partial charge in [0.2, 0.25) is 0 Å². The van der Waals surface area contributed by atoms with Crippen LogP contribution < -0.4 is 5.32 Å². The van der Waals surface area contributed by atoms with Gasteiger partial charge in [0.1, 0.15) is 0 Å². The summed E-state index contributed by atoms with van der Waals surface area (Å²) in [5.41, 5.74) is 6.40. The lowest BCUT2D eigenvalue weighted by molar-refractivity contribution is 0.0860. The Bertz CT molecular complexity index is 1050.